The highest BCUT2D eigenvalue weighted by molar-refractivity contribution is 9.10. The van der Waals surface area contributed by atoms with Crippen molar-refractivity contribution in [1.29, 1.82) is 5.26 Å². The number of rotatable bonds is 2. The molecule has 0 unspecified atom stereocenters. The Hall–Kier alpha value is -0.560. The normalized spacial score (nSPS) is 11.2. The van der Waals surface area contributed by atoms with Gasteiger partial charge in [0.15, 0.2) is 0 Å². The Morgan fingerprint density at radius 3 is 2.77 bits per heavy atom. The van der Waals surface area contributed by atoms with Gasteiger partial charge in [0.2, 0.25) is 0 Å². The summed E-state index contributed by atoms with van der Waals surface area (Å²) in [7, 11) is 0. The van der Waals surface area contributed by atoms with E-state index < -0.39 is 0 Å². The topological polar surface area (TPSA) is 49.8 Å². The average Bonchev–Trinajstić information content (AvgIpc) is 2.05. The minimum Gasteiger partial charge on any atom is -0.323 e. The summed E-state index contributed by atoms with van der Waals surface area (Å²) in [5.41, 5.74) is 6.72. The molecule has 1 rings (SSSR count). The quantitative estimate of drug-likeness (QED) is 0.890. The number of hydrogen-bond donors (Lipinski definition) is 1. The molecule has 0 aliphatic heterocycles. The maximum atomic E-state index is 8.43. The van der Waals surface area contributed by atoms with Crippen LogP contribution < -0.4 is 5.73 Å². The van der Waals surface area contributed by atoms with Crippen LogP contribution in [0.4, 0.5) is 0 Å². The first-order chi connectivity index (χ1) is 5.74. The molecule has 0 saturated heterocycles. The lowest BCUT2D eigenvalue weighted by Crippen LogP contribution is -2.08. The van der Waals surface area contributed by atoms with Crippen LogP contribution in [0.1, 0.15) is 18.0 Å². The van der Waals surface area contributed by atoms with Crippen LogP contribution in [-0.2, 0) is 0 Å². The molecule has 1 aromatic carbocycles. The molecule has 0 aliphatic rings. The lowest BCUT2D eigenvalue weighted by atomic mass is 10.1. The Morgan fingerprint density at radius 2 is 2.23 bits per heavy atom. The third-order valence-electron chi connectivity index (χ3n) is 1.59. The molecule has 2 N–H and O–H groups in total. The van der Waals surface area contributed by atoms with E-state index in [1.54, 1.807) is 0 Å². The zero-order valence-corrected chi connectivity index (χ0v) is 9.31. The Morgan fingerprint density at radius 1 is 1.54 bits per heavy atom. The minimum absolute atomic E-state index is 0. The van der Waals surface area contributed by atoms with Crippen molar-refractivity contribution in [2.24, 2.45) is 5.73 Å². The molecule has 0 heterocycles. The molecular weight excluding hydrogens is 251 g/mol. The molecular formula is C9H10BrClN2. The number of benzene rings is 1. The first-order valence-electron chi connectivity index (χ1n) is 3.62. The molecule has 0 fully saturated rings. The van der Waals surface area contributed by atoms with Gasteiger partial charge < -0.3 is 5.73 Å². The maximum Gasteiger partial charge on any atom is 0.0641 e. The third-order valence-corrected chi connectivity index (χ3v) is 2.08. The summed E-state index contributed by atoms with van der Waals surface area (Å²) in [5.74, 6) is 0. The molecule has 1 aromatic rings. The van der Waals surface area contributed by atoms with E-state index in [9.17, 15) is 0 Å². The van der Waals surface area contributed by atoms with Gasteiger partial charge in [-0.2, -0.15) is 5.26 Å². The van der Waals surface area contributed by atoms with E-state index in [0.29, 0.717) is 6.42 Å². The largest absolute Gasteiger partial charge is 0.323 e. The molecule has 0 aliphatic carbocycles. The number of nitrogens with zero attached hydrogens (tertiary/aromatic N) is 1. The number of hydrogen-bond acceptors (Lipinski definition) is 2. The smallest absolute Gasteiger partial charge is 0.0641 e. The van der Waals surface area contributed by atoms with E-state index in [0.717, 1.165) is 10.0 Å². The maximum absolute atomic E-state index is 8.43. The van der Waals surface area contributed by atoms with Crippen LogP contribution in [0.25, 0.3) is 0 Å². The predicted molar refractivity (Wildman–Crippen MR) is 58.5 cm³/mol. The van der Waals surface area contributed by atoms with Gasteiger partial charge in [0.1, 0.15) is 0 Å². The fourth-order valence-electron chi connectivity index (χ4n) is 0.953. The summed E-state index contributed by atoms with van der Waals surface area (Å²) in [6.07, 6.45) is 0.358. The molecule has 0 aromatic heterocycles. The molecule has 0 radical (unpaired) electrons. The summed E-state index contributed by atoms with van der Waals surface area (Å²) in [5, 5.41) is 8.43. The lowest BCUT2D eigenvalue weighted by Gasteiger charge is -2.07. The van der Waals surface area contributed by atoms with Gasteiger partial charge >= 0.3 is 0 Å². The van der Waals surface area contributed by atoms with Crippen LogP contribution in [0, 0.1) is 11.3 Å². The molecule has 1 atom stereocenters. The Balaban J connectivity index is 0.00000144. The van der Waals surface area contributed by atoms with Gasteiger partial charge in [0.25, 0.3) is 0 Å². The molecule has 70 valence electrons. The standard InChI is InChI=1S/C9H9BrN2.ClH/c10-8-3-1-2-7(6-8)9(12)4-5-11;/h1-3,6,9H,4,12H2;1H/t9-;/m0./s1. The molecule has 2 nitrogen and oxygen atoms in total. The van der Waals surface area contributed by atoms with Gasteiger partial charge in [-0.1, -0.05) is 28.1 Å². The summed E-state index contributed by atoms with van der Waals surface area (Å²) in [6, 6.07) is 9.57. The van der Waals surface area contributed by atoms with Crippen LogP contribution in [0.5, 0.6) is 0 Å². The van der Waals surface area contributed by atoms with Crippen LogP contribution in [-0.4, -0.2) is 0 Å². The highest BCUT2D eigenvalue weighted by Gasteiger charge is 2.04. The van der Waals surface area contributed by atoms with Crippen molar-refractivity contribution in [2.45, 2.75) is 12.5 Å². The summed E-state index contributed by atoms with van der Waals surface area (Å²) < 4.78 is 0.994. The number of halogens is 2. The van der Waals surface area contributed by atoms with Crippen molar-refractivity contribution in [1.82, 2.24) is 0 Å². The first kappa shape index (κ1) is 12.4. The Kier molecular flexibility index (Phi) is 5.72. The van der Waals surface area contributed by atoms with Gasteiger partial charge in [-0.3, -0.25) is 0 Å². The fourth-order valence-corrected chi connectivity index (χ4v) is 1.37. The van der Waals surface area contributed by atoms with Crippen LogP contribution in [0.2, 0.25) is 0 Å². The number of nitriles is 1. The zero-order chi connectivity index (χ0) is 8.97. The van der Waals surface area contributed by atoms with Gasteiger partial charge in [-0.05, 0) is 17.7 Å². The van der Waals surface area contributed by atoms with Gasteiger partial charge in [0.05, 0.1) is 12.5 Å². The van der Waals surface area contributed by atoms with E-state index in [2.05, 4.69) is 15.9 Å². The third kappa shape index (κ3) is 3.77. The second kappa shape index (κ2) is 5.98. The van der Waals surface area contributed by atoms with Crippen molar-refractivity contribution in [3.63, 3.8) is 0 Å². The molecule has 13 heavy (non-hydrogen) atoms. The number of nitrogens with two attached hydrogens (primary N) is 1. The van der Waals surface area contributed by atoms with Crippen molar-refractivity contribution < 1.29 is 0 Å². The molecule has 4 heteroatoms. The summed E-state index contributed by atoms with van der Waals surface area (Å²) in [6.45, 7) is 0. The second-order valence-electron chi connectivity index (χ2n) is 2.52. The second-order valence-corrected chi connectivity index (χ2v) is 3.44. The minimum atomic E-state index is -0.174. The highest BCUT2D eigenvalue weighted by atomic mass is 79.9. The van der Waals surface area contributed by atoms with Gasteiger partial charge in [-0.15, -0.1) is 12.4 Å². The van der Waals surface area contributed by atoms with Crippen molar-refractivity contribution >= 4 is 28.3 Å². The fraction of sp³-hybridized carbons (Fsp3) is 0.222. The van der Waals surface area contributed by atoms with E-state index in [1.807, 2.05) is 30.3 Å². The predicted octanol–water partition coefficient (Wildman–Crippen LogP) is 2.78. The lowest BCUT2D eigenvalue weighted by molar-refractivity contribution is 0.748. The van der Waals surface area contributed by atoms with E-state index >= 15 is 0 Å². The highest BCUT2D eigenvalue weighted by Crippen LogP contribution is 2.18. The molecule has 0 spiro atoms. The van der Waals surface area contributed by atoms with Gasteiger partial charge in [0, 0.05) is 10.5 Å². The van der Waals surface area contributed by atoms with Crippen molar-refractivity contribution in [2.75, 3.05) is 0 Å². The van der Waals surface area contributed by atoms with E-state index in [1.165, 1.54) is 0 Å². The van der Waals surface area contributed by atoms with Crippen molar-refractivity contribution in [3.8, 4) is 6.07 Å². The Bertz CT molecular complexity index is 309. The van der Waals surface area contributed by atoms with E-state index in [-0.39, 0.29) is 18.4 Å². The van der Waals surface area contributed by atoms with Gasteiger partial charge in [-0.25, -0.2) is 0 Å². The first-order valence-corrected chi connectivity index (χ1v) is 4.41. The van der Waals surface area contributed by atoms with Crippen LogP contribution >= 0.6 is 28.3 Å². The van der Waals surface area contributed by atoms with Crippen LogP contribution in [0.3, 0.4) is 0 Å². The molecule has 0 bridgehead atoms. The van der Waals surface area contributed by atoms with E-state index in [4.69, 9.17) is 11.0 Å². The molecule has 0 saturated carbocycles. The van der Waals surface area contributed by atoms with Crippen molar-refractivity contribution in [3.05, 3.63) is 34.3 Å². The summed E-state index contributed by atoms with van der Waals surface area (Å²) in [4.78, 5) is 0. The van der Waals surface area contributed by atoms with Crippen LogP contribution in [0.15, 0.2) is 28.7 Å². The average molecular weight is 262 g/mol. The summed E-state index contributed by atoms with van der Waals surface area (Å²) >= 11 is 3.34. The molecule has 0 amide bonds. The monoisotopic (exact) mass is 260 g/mol. The zero-order valence-electron chi connectivity index (χ0n) is 6.90. The SMILES string of the molecule is Cl.N#CC[C@H](N)c1cccc(Br)c1. The Labute approximate surface area is 92.3 Å².